The Hall–Kier alpha value is -5.15. The van der Waals surface area contributed by atoms with Gasteiger partial charge in [-0.15, -0.1) is 10.2 Å². The number of hydrogen-bond donors (Lipinski definition) is 0. The van der Waals surface area contributed by atoms with Gasteiger partial charge in [-0.05, 0) is 79.2 Å². The van der Waals surface area contributed by atoms with E-state index in [0.717, 1.165) is 22.6 Å². The van der Waals surface area contributed by atoms with E-state index in [1.54, 1.807) is 6.20 Å². The summed E-state index contributed by atoms with van der Waals surface area (Å²) in [6.07, 6.45) is 19.0. The van der Waals surface area contributed by atoms with Crippen molar-refractivity contribution in [1.29, 1.82) is 0 Å². The monoisotopic (exact) mass is 483 g/mol. The largest absolute Gasteiger partial charge is 0.255 e. The third-order valence-electron chi connectivity index (χ3n) is 7.59. The maximum Gasteiger partial charge on any atom is 0.113 e. The van der Waals surface area contributed by atoms with Crippen LogP contribution in [0.2, 0.25) is 0 Å². The molecule has 0 amide bonds. The number of hydrogen-bond acceptors (Lipinski definition) is 3. The van der Waals surface area contributed by atoms with Crippen LogP contribution in [0.5, 0.6) is 0 Å². The first-order valence-corrected chi connectivity index (χ1v) is 12.8. The summed E-state index contributed by atoms with van der Waals surface area (Å²) in [7, 11) is 0. The van der Waals surface area contributed by atoms with Gasteiger partial charge in [0.05, 0.1) is 17.6 Å². The molecule has 2 heterocycles. The summed E-state index contributed by atoms with van der Waals surface area (Å²) < 4.78 is 0. The van der Waals surface area contributed by atoms with Crippen LogP contribution < -0.4 is 0 Å². The maximum absolute atomic E-state index is 4.67. The summed E-state index contributed by atoms with van der Waals surface area (Å²) in [5, 5.41) is 14.0. The molecule has 0 N–H and O–H groups in total. The molecule has 2 aliphatic heterocycles. The number of benzene rings is 4. The molecule has 3 heteroatoms. The molecule has 0 atom stereocenters. The van der Waals surface area contributed by atoms with Crippen LogP contribution in [0.4, 0.5) is 0 Å². The van der Waals surface area contributed by atoms with Crippen molar-refractivity contribution in [3.8, 4) is 11.3 Å². The molecular weight excluding hydrogens is 462 g/mol. The normalized spacial score (nSPS) is 13.4. The predicted molar refractivity (Wildman–Crippen MR) is 160 cm³/mol. The van der Waals surface area contributed by atoms with Gasteiger partial charge in [-0.1, -0.05) is 97.1 Å². The zero-order chi connectivity index (χ0) is 25.1. The summed E-state index contributed by atoms with van der Waals surface area (Å²) in [4.78, 5) is 4.67. The van der Waals surface area contributed by atoms with Crippen LogP contribution in [0, 0.1) is 0 Å². The lowest BCUT2D eigenvalue weighted by Gasteiger charge is -2.05. The Balaban J connectivity index is 1.12. The van der Waals surface area contributed by atoms with E-state index in [2.05, 4.69) is 131 Å². The highest BCUT2D eigenvalue weighted by molar-refractivity contribution is 6.08. The molecule has 8 rings (SSSR count). The topological polar surface area (TPSA) is 38.7 Å². The van der Waals surface area contributed by atoms with Crippen LogP contribution in [-0.4, -0.2) is 15.2 Å². The lowest BCUT2D eigenvalue weighted by Crippen LogP contribution is -1.83. The molecule has 0 radical (unpaired) electrons. The zero-order valence-electron chi connectivity index (χ0n) is 20.5. The van der Waals surface area contributed by atoms with Crippen molar-refractivity contribution in [3.05, 3.63) is 124 Å². The molecule has 4 aromatic carbocycles. The molecule has 0 fully saturated rings. The summed E-state index contributed by atoms with van der Waals surface area (Å²) in [6.45, 7) is 0. The third kappa shape index (κ3) is 3.26. The van der Waals surface area contributed by atoms with Crippen molar-refractivity contribution >= 4 is 70.2 Å². The second-order valence-electron chi connectivity index (χ2n) is 9.76. The Morgan fingerprint density at radius 3 is 1.87 bits per heavy atom. The quantitative estimate of drug-likeness (QED) is 0.252. The minimum atomic E-state index is 0.784. The van der Waals surface area contributed by atoms with E-state index in [9.17, 15) is 0 Å². The fourth-order valence-electron chi connectivity index (χ4n) is 5.70. The van der Waals surface area contributed by atoms with Gasteiger partial charge >= 0.3 is 0 Å². The van der Waals surface area contributed by atoms with Crippen LogP contribution in [-0.2, 0) is 0 Å². The second-order valence-corrected chi connectivity index (χ2v) is 9.76. The van der Waals surface area contributed by atoms with Gasteiger partial charge < -0.3 is 0 Å². The summed E-state index contributed by atoms with van der Waals surface area (Å²) >= 11 is 0. The summed E-state index contributed by atoms with van der Waals surface area (Å²) in [5.41, 5.74) is 10.9. The predicted octanol–water partition coefficient (Wildman–Crippen LogP) is 8.59. The third-order valence-corrected chi connectivity index (χ3v) is 7.59. The second kappa shape index (κ2) is 8.19. The number of nitrogens with zero attached hydrogens (tertiary/aromatic N) is 3. The van der Waals surface area contributed by atoms with Crippen LogP contribution >= 0.6 is 0 Å². The van der Waals surface area contributed by atoms with Gasteiger partial charge in [0.2, 0.25) is 0 Å². The molecule has 0 spiro atoms. The van der Waals surface area contributed by atoms with Crippen molar-refractivity contribution in [2.24, 2.45) is 0 Å². The van der Waals surface area contributed by atoms with Gasteiger partial charge in [0.1, 0.15) is 5.69 Å². The number of aromatic nitrogens is 3. The van der Waals surface area contributed by atoms with E-state index in [1.807, 2.05) is 6.07 Å². The van der Waals surface area contributed by atoms with Crippen molar-refractivity contribution in [3.63, 3.8) is 0 Å². The first-order valence-electron chi connectivity index (χ1n) is 12.8. The molecule has 3 nitrogen and oxygen atoms in total. The van der Waals surface area contributed by atoms with Crippen molar-refractivity contribution < 1.29 is 0 Å². The van der Waals surface area contributed by atoms with Crippen LogP contribution in [0.1, 0.15) is 44.8 Å². The zero-order valence-corrected chi connectivity index (χ0v) is 20.5. The molecule has 0 saturated heterocycles. The average Bonchev–Trinajstić information content (AvgIpc) is 3.65. The van der Waals surface area contributed by atoms with Gasteiger partial charge in [0, 0.05) is 5.56 Å². The molecule has 4 aromatic rings. The molecule has 176 valence electrons. The summed E-state index contributed by atoms with van der Waals surface area (Å²) in [5.74, 6) is 0. The molecule has 38 heavy (non-hydrogen) atoms. The minimum absolute atomic E-state index is 0.784. The lowest BCUT2D eigenvalue weighted by atomic mass is 9.99. The Labute approximate surface area is 220 Å². The lowest BCUT2D eigenvalue weighted by molar-refractivity contribution is 1.08. The Morgan fingerprint density at radius 1 is 0.526 bits per heavy atom. The van der Waals surface area contributed by atoms with E-state index in [-0.39, 0.29) is 0 Å². The van der Waals surface area contributed by atoms with Gasteiger partial charge in [-0.2, -0.15) is 0 Å². The fourth-order valence-corrected chi connectivity index (χ4v) is 5.70. The van der Waals surface area contributed by atoms with Crippen molar-refractivity contribution in [2.75, 3.05) is 0 Å². The minimum Gasteiger partial charge on any atom is -0.255 e. The highest BCUT2D eigenvalue weighted by Crippen LogP contribution is 2.36. The van der Waals surface area contributed by atoms with E-state index >= 15 is 0 Å². The average molecular weight is 484 g/mol. The molecular formula is C35H21N3. The first kappa shape index (κ1) is 21.0. The molecule has 2 aliphatic carbocycles. The molecule has 0 bridgehead atoms. The van der Waals surface area contributed by atoms with Crippen molar-refractivity contribution in [1.82, 2.24) is 15.2 Å². The van der Waals surface area contributed by atoms with E-state index in [0.29, 0.717) is 0 Å². The Morgan fingerprint density at radius 2 is 1.18 bits per heavy atom. The first-order chi connectivity index (χ1) is 18.8. The van der Waals surface area contributed by atoms with Gasteiger partial charge in [0.15, 0.2) is 0 Å². The molecule has 4 aliphatic rings. The SMILES string of the molecule is C1=Cc2c(/C=C/c3ccc4c(/C=C/c5ccc6cccc7c6c5C=C7)nnc-4cn3)ccc3cccc1c23. The molecule has 0 aromatic heterocycles. The smallest absolute Gasteiger partial charge is 0.113 e. The highest BCUT2D eigenvalue weighted by Gasteiger charge is 2.14. The fraction of sp³-hybridized carbons (Fsp3) is 0. The van der Waals surface area contributed by atoms with Crippen LogP contribution in [0.15, 0.2) is 79.0 Å². The van der Waals surface area contributed by atoms with E-state index < -0.39 is 0 Å². The maximum atomic E-state index is 4.67. The number of rotatable bonds is 4. The van der Waals surface area contributed by atoms with E-state index in [4.69, 9.17) is 0 Å². The standard InChI is InChI=1S/C35H21N3/c1-3-24-9-7-22(29-17-12-26(5-1)34(24)29)11-15-28-16-19-31-32(37-38-33(31)21-36-28)20-14-23-8-10-25-4-2-6-27-13-18-30(23)35(25)27/h1-21H/b15-11+,20-14+. The van der Waals surface area contributed by atoms with E-state index in [1.165, 1.54) is 54.9 Å². The number of fused-ring (bicyclic) bond motifs is 1. The van der Waals surface area contributed by atoms with Crippen LogP contribution in [0.25, 0.3) is 81.4 Å². The Bertz CT molecular complexity index is 2020. The van der Waals surface area contributed by atoms with Crippen LogP contribution in [0.3, 0.4) is 0 Å². The van der Waals surface area contributed by atoms with Crippen molar-refractivity contribution in [2.45, 2.75) is 0 Å². The van der Waals surface area contributed by atoms with Gasteiger partial charge in [0.25, 0.3) is 0 Å². The molecule has 0 saturated carbocycles. The van der Waals surface area contributed by atoms with Gasteiger partial charge in [-0.3, -0.25) is 4.98 Å². The Kier molecular flexibility index (Phi) is 4.52. The summed E-state index contributed by atoms with van der Waals surface area (Å²) in [6, 6.07) is 25.7. The highest BCUT2D eigenvalue weighted by atomic mass is 15.1. The van der Waals surface area contributed by atoms with Gasteiger partial charge in [-0.25, -0.2) is 0 Å². The molecule has 0 unspecified atom stereocenters.